The summed E-state index contributed by atoms with van der Waals surface area (Å²) in [5, 5.41) is 2.73. The van der Waals surface area contributed by atoms with Crippen LogP contribution in [0.2, 0.25) is 0 Å². The van der Waals surface area contributed by atoms with Crippen molar-refractivity contribution in [2.24, 2.45) is 0 Å². The van der Waals surface area contributed by atoms with Crippen LogP contribution in [-0.2, 0) is 11.2 Å². The second-order valence-corrected chi connectivity index (χ2v) is 6.55. The number of amides is 1. The highest BCUT2D eigenvalue weighted by molar-refractivity contribution is 5.91. The first-order chi connectivity index (χ1) is 14.5. The summed E-state index contributed by atoms with van der Waals surface area (Å²) in [6.45, 7) is 1.79. The summed E-state index contributed by atoms with van der Waals surface area (Å²) < 4.78 is 32.2. The number of nitrogens with zero attached hydrogens (tertiary/aromatic N) is 2. The smallest absolute Gasteiger partial charge is 0.224 e. The fraction of sp³-hybridized carbons (Fsp3) is 0.273. The van der Waals surface area contributed by atoms with Gasteiger partial charge in [-0.3, -0.25) is 4.79 Å². The Morgan fingerprint density at radius 3 is 2.47 bits per heavy atom. The van der Waals surface area contributed by atoms with Gasteiger partial charge in [-0.2, -0.15) is 0 Å². The lowest BCUT2D eigenvalue weighted by atomic mass is 10.1. The number of hydrogen-bond acceptors (Lipinski definition) is 5. The topological polar surface area (TPSA) is 74.6 Å². The highest BCUT2D eigenvalue weighted by Crippen LogP contribution is 2.40. The Bertz CT molecular complexity index is 1050. The molecule has 0 atom stereocenters. The fourth-order valence-electron chi connectivity index (χ4n) is 3.24. The van der Waals surface area contributed by atoms with Crippen LogP contribution >= 0.6 is 0 Å². The number of carbonyl (C=O) groups excluding carboxylic acids is 1. The van der Waals surface area contributed by atoms with E-state index in [1.165, 1.54) is 20.3 Å². The monoisotopic (exact) mass is 413 g/mol. The molecule has 0 radical (unpaired) electrons. The van der Waals surface area contributed by atoms with Gasteiger partial charge in [-0.1, -0.05) is 6.07 Å². The van der Waals surface area contributed by atoms with E-state index in [0.717, 1.165) is 5.56 Å². The van der Waals surface area contributed by atoms with Crippen LogP contribution in [0.5, 0.6) is 17.2 Å². The molecule has 1 heterocycles. The van der Waals surface area contributed by atoms with Gasteiger partial charge >= 0.3 is 0 Å². The lowest BCUT2D eigenvalue weighted by Gasteiger charge is -2.15. The Morgan fingerprint density at radius 2 is 1.87 bits per heavy atom. The SMILES string of the molecule is COc1ccc(CCC(=O)Nc2ccc(-n3ccnc3C)c(F)c2)c(OC)c1OC. The molecule has 0 aliphatic rings. The molecular weight excluding hydrogens is 389 g/mol. The average molecular weight is 413 g/mol. The van der Waals surface area contributed by atoms with E-state index in [1.807, 2.05) is 6.07 Å². The molecule has 0 fully saturated rings. The van der Waals surface area contributed by atoms with Gasteiger partial charge in [0, 0.05) is 24.5 Å². The molecule has 1 amide bonds. The van der Waals surface area contributed by atoms with E-state index in [1.54, 1.807) is 49.2 Å². The molecule has 7 nitrogen and oxygen atoms in total. The summed E-state index contributed by atoms with van der Waals surface area (Å²) in [5.74, 6) is 1.54. The molecule has 0 aliphatic carbocycles. The molecule has 3 aromatic rings. The van der Waals surface area contributed by atoms with Crippen LogP contribution in [-0.4, -0.2) is 36.8 Å². The van der Waals surface area contributed by atoms with Crippen LogP contribution in [0, 0.1) is 12.7 Å². The number of aryl methyl sites for hydroxylation is 2. The minimum atomic E-state index is -0.449. The van der Waals surface area contributed by atoms with E-state index < -0.39 is 5.82 Å². The molecule has 1 aromatic heterocycles. The van der Waals surface area contributed by atoms with Gasteiger partial charge in [0.1, 0.15) is 11.6 Å². The normalized spacial score (nSPS) is 10.6. The van der Waals surface area contributed by atoms with E-state index in [0.29, 0.717) is 40.9 Å². The van der Waals surface area contributed by atoms with Crippen molar-refractivity contribution in [2.45, 2.75) is 19.8 Å². The first-order valence-electron chi connectivity index (χ1n) is 9.36. The molecule has 0 bridgehead atoms. The number of anilines is 1. The number of rotatable bonds is 8. The van der Waals surface area contributed by atoms with Crippen molar-refractivity contribution in [3.63, 3.8) is 0 Å². The summed E-state index contributed by atoms with van der Waals surface area (Å²) in [4.78, 5) is 16.5. The maximum atomic E-state index is 14.5. The van der Waals surface area contributed by atoms with Gasteiger partial charge in [0.25, 0.3) is 0 Å². The zero-order valence-corrected chi connectivity index (χ0v) is 17.4. The second-order valence-electron chi connectivity index (χ2n) is 6.55. The van der Waals surface area contributed by atoms with Gasteiger partial charge in [0.05, 0.1) is 27.0 Å². The van der Waals surface area contributed by atoms with E-state index in [2.05, 4.69) is 10.3 Å². The Labute approximate surface area is 174 Å². The van der Waals surface area contributed by atoms with Crippen molar-refractivity contribution in [1.29, 1.82) is 0 Å². The minimum absolute atomic E-state index is 0.190. The maximum absolute atomic E-state index is 14.5. The molecular formula is C22H24FN3O4. The fourth-order valence-corrected chi connectivity index (χ4v) is 3.24. The quantitative estimate of drug-likeness (QED) is 0.606. The molecule has 0 saturated heterocycles. The third kappa shape index (κ3) is 4.37. The second kappa shape index (κ2) is 9.30. The number of nitrogens with one attached hydrogen (secondary N) is 1. The summed E-state index contributed by atoms with van der Waals surface area (Å²) in [7, 11) is 4.61. The maximum Gasteiger partial charge on any atom is 0.224 e. The number of imidazole rings is 1. The average Bonchev–Trinajstić information content (AvgIpc) is 3.17. The molecule has 3 rings (SSSR count). The minimum Gasteiger partial charge on any atom is -0.493 e. The van der Waals surface area contributed by atoms with Gasteiger partial charge in [-0.15, -0.1) is 0 Å². The number of methoxy groups -OCH3 is 3. The van der Waals surface area contributed by atoms with E-state index >= 15 is 0 Å². The van der Waals surface area contributed by atoms with Crippen molar-refractivity contribution in [2.75, 3.05) is 26.6 Å². The molecule has 0 unspecified atom stereocenters. The van der Waals surface area contributed by atoms with E-state index in [-0.39, 0.29) is 12.3 Å². The number of hydrogen-bond donors (Lipinski definition) is 1. The summed E-state index contributed by atoms with van der Waals surface area (Å²) in [5.41, 5.74) is 1.57. The Balaban J connectivity index is 1.68. The van der Waals surface area contributed by atoms with Crippen molar-refractivity contribution in [1.82, 2.24) is 9.55 Å². The molecule has 1 N–H and O–H groups in total. The molecule has 0 spiro atoms. The van der Waals surface area contributed by atoms with E-state index in [9.17, 15) is 9.18 Å². The highest BCUT2D eigenvalue weighted by Gasteiger charge is 2.17. The molecule has 8 heteroatoms. The van der Waals surface area contributed by atoms with Crippen molar-refractivity contribution in [3.05, 3.63) is 59.9 Å². The third-order valence-corrected chi connectivity index (χ3v) is 4.72. The summed E-state index contributed by atoms with van der Waals surface area (Å²) in [6.07, 6.45) is 3.90. The predicted molar refractivity (Wildman–Crippen MR) is 111 cm³/mol. The van der Waals surface area contributed by atoms with Gasteiger partial charge in [0.15, 0.2) is 11.5 Å². The number of aromatic nitrogens is 2. The zero-order chi connectivity index (χ0) is 21.7. The first-order valence-corrected chi connectivity index (χ1v) is 9.36. The highest BCUT2D eigenvalue weighted by atomic mass is 19.1. The number of halogens is 1. The Kier molecular flexibility index (Phi) is 6.56. The van der Waals surface area contributed by atoms with E-state index in [4.69, 9.17) is 14.2 Å². The van der Waals surface area contributed by atoms with Crippen LogP contribution in [0.15, 0.2) is 42.7 Å². The lowest BCUT2D eigenvalue weighted by molar-refractivity contribution is -0.116. The molecule has 0 saturated carbocycles. The lowest BCUT2D eigenvalue weighted by Crippen LogP contribution is -2.13. The van der Waals surface area contributed by atoms with Gasteiger partial charge in [-0.05, 0) is 43.2 Å². The van der Waals surface area contributed by atoms with Crippen molar-refractivity contribution >= 4 is 11.6 Å². The predicted octanol–water partition coefficient (Wildman–Crippen LogP) is 3.92. The van der Waals surface area contributed by atoms with Crippen molar-refractivity contribution in [3.8, 4) is 22.9 Å². The van der Waals surface area contributed by atoms with Crippen LogP contribution < -0.4 is 19.5 Å². The molecule has 0 aliphatic heterocycles. The Hall–Kier alpha value is -3.55. The molecule has 30 heavy (non-hydrogen) atoms. The van der Waals surface area contributed by atoms with Gasteiger partial charge in [0.2, 0.25) is 11.7 Å². The van der Waals surface area contributed by atoms with Crippen LogP contribution in [0.1, 0.15) is 17.8 Å². The van der Waals surface area contributed by atoms with Gasteiger partial charge in [-0.25, -0.2) is 9.37 Å². The molecule has 2 aromatic carbocycles. The van der Waals surface area contributed by atoms with Crippen LogP contribution in [0.25, 0.3) is 5.69 Å². The van der Waals surface area contributed by atoms with Crippen LogP contribution in [0.3, 0.4) is 0 Å². The zero-order valence-electron chi connectivity index (χ0n) is 17.4. The first kappa shape index (κ1) is 21.2. The third-order valence-electron chi connectivity index (χ3n) is 4.72. The van der Waals surface area contributed by atoms with Gasteiger partial charge < -0.3 is 24.1 Å². The van der Waals surface area contributed by atoms with Crippen molar-refractivity contribution < 1.29 is 23.4 Å². The summed E-state index contributed by atoms with van der Waals surface area (Å²) in [6, 6.07) is 8.16. The van der Waals surface area contributed by atoms with Crippen LogP contribution in [0.4, 0.5) is 10.1 Å². The standard InChI is InChI=1S/C22H24FN3O4/c1-14-24-11-12-26(14)18-8-7-16(13-17(18)23)25-20(27)10-6-15-5-9-19(28-2)22(30-4)21(15)29-3/h5,7-9,11-13H,6,10H2,1-4H3,(H,25,27). The molecule has 158 valence electrons. The number of ether oxygens (including phenoxy) is 3. The summed E-state index contributed by atoms with van der Waals surface area (Å²) >= 11 is 0. The number of benzene rings is 2. The Morgan fingerprint density at radius 1 is 1.10 bits per heavy atom. The largest absolute Gasteiger partial charge is 0.493 e. The number of carbonyl (C=O) groups is 1.